The summed E-state index contributed by atoms with van der Waals surface area (Å²) in [6.07, 6.45) is 1.65. The van der Waals surface area contributed by atoms with E-state index in [2.05, 4.69) is 5.10 Å². The Morgan fingerprint density at radius 2 is 1.71 bits per heavy atom. The second-order valence-electron chi connectivity index (χ2n) is 9.53. The summed E-state index contributed by atoms with van der Waals surface area (Å²) in [5, 5.41) is 17.4. The Balaban J connectivity index is 1.47. The minimum atomic E-state index is -1.01. The number of nitro benzene ring substituents is 1. The van der Waals surface area contributed by atoms with E-state index in [-0.39, 0.29) is 17.2 Å². The molecule has 0 aromatic heterocycles. The topological polar surface area (TPSA) is 122 Å². The number of amides is 2. The zero-order valence-electron chi connectivity index (χ0n) is 20.5. The Bertz CT molecular complexity index is 1550. The maximum Gasteiger partial charge on any atom is 0.269 e. The molecule has 0 N–H and O–H groups in total. The highest BCUT2D eigenvalue weighted by molar-refractivity contribution is 6.25. The standard InChI is InChI=1S/C28H22N4O6/c1-15-13-18(32(36)37)9-12-21(15)30-27(34)22-23(28(30)35)25(26(33)16-7-10-19(38-2)11-8-16)31-24(22)20-6-4-3-5-17(20)14-29-31/h3-14,22-25H,1-2H3/t22-,23+,24+,25-/m1/s1. The first kappa shape index (κ1) is 23.5. The predicted molar refractivity (Wildman–Crippen MR) is 137 cm³/mol. The molecular formula is C28H22N4O6. The van der Waals surface area contributed by atoms with Crippen LogP contribution in [0.2, 0.25) is 0 Å². The van der Waals surface area contributed by atoms with E-state index in [4.69, 9.17) is 4.74 Å². The molecule has 3 aliphatic rings. The Morgan fingerprint density at radius 3 is 2.39 bits per heavy atom. The van der Waals surface area contributed by atoms with Gasteiger partial charge in [0, 0.05) is 17.7 Å². The normalized spacial score (nSPS) is 23.2. The number of ketones is 1. The number of fused-ring (bicyclic) bond motifs is 5. The van der Waals surface area contributed by atoms with Crippen molar-refractivity contribution >= 4 is 35.2 Å². The molecule has 3 aliphatic heterocycles. The molecule has 3 aromatic rings. The quantitative estimate of drug-likeness (QED) is 0.222. The first-order valence-corrected chi connectivity index (χ1v) is 12.0. The van der Waals surface area contributed by atoms with Crippen molar-refractivity contribution in [3.63, 3.8) is 0 Å². The van der Waals surface area contributed by atoms with Gasteiger partial charge in [-0.2, -0.15) is 5.10 Å². The van der Waals surface area contributed by atoms with E-state index in [0.29, 0.717) is 16.9 Å². The number of nitrogens with zero attached hydrogens (tertiary/aromatic N) is 4. The number of nitro groups is 1. The van der Waals surface area contributed by atoms with E-state index in [1.165, 1.54) is 25.3 Å². The van der Waals surface area contributed by atoms with Crippen LogP contribution in [0.1, 0.15) is 33.1 Å². The van der Waals surface area contributed by atoms with Crippen molar-refractivity contribution in [3.8, 4) is 5.75 Å². The number of hydrogen-bond acceptors (Lipinski definition) is 8. The minimum absolute atomic E-state index is 0.139. The molecule has 3 heterocycles. The van der Waals surface area contributed by atoms with Crippen LogP contribution < -0.4 is 9.64 Å². The molecule has 10 nitrogen and oxygen atoms in total. The van der Waals surface area contributed by atoms with Crippen LogP contribution in [0.5, 0.6) is 5.75 Å². The minimum Gasteiger partial charge on any atom is -0.497 e. The van der Waals surface area contributed by atoms with Crippen molar-refractivity contribution in [1.29, 1.82) is 0 Å². The average molecular weight is 511 g/mol. The molecule has 0 radical (unpaired) electrons. The van der Waals surface area contributed by atoms with Crippen molar-refractivity contribution in [1.82, 2.24) is 5.01 Å². The van der Waals surface area contributed by atoms with Crippen LogP contribution in [0.15, 0.2) is 71.8 Å². The number of aryl methyl sites for hydroxylation is 1. The molecule has 2 fully saturated rings. The summed E-state index contributed by atoms with van der Waals surface area (Å²) in [7, 11) is 1.53. The van der Waals surface area contributed by atoms with Crippen LogP contribution in [-0.4, -0.2) is 46.9 Å². The van der Waals surface area contributed by atoms with E-state index in [1.54, 1.807) is 42.4 Å². The fraction of sp³-hybridized carbons (Fsp3) is 0.214. The number of non-ortho nitro benzene ring substituents is 1. The maximum atomic E-state index is 14.0. The van der Waals surface area contributed by atoms with Gasteiger partial charge in [-0.1, -0.05) is 24.3 Å². The van der Waals surface area contributed by atoms with Crippen molar-refractivity contribution < 1.29 is 24.0 Å². The summed E-state index contributed by atoms with van der Waals surface area (Å²) in [6, 6.07) is 16.4. The van der Waals surface area contributed by atoms with Gasteiger partial charge in [-0.15, -0.1) is 0 Å². The number of carbonyl (C=O) groups excluding carboxylic acids is 3. The highest BCUT2D eigenvalue weighted by Crippen LogP contribution is 2.53. The number of rotatable bonds is 5. The molecule has 4 atom stereocenters. The SMILES string of the molecule is COc1ccc(C(=O)[C@H]2[C@H]3C(=O)N(c4ccc([N+](=O)[O-])cc4C)C(=O)[C@H]3[C@@H]3c4ccccc4C=NN23)cc1. The Hall–Kier alpha value is -4.86. The van der Waals surface area contributed by atoms with Gasteiger partial charge in [-0.25, -0.2) is 4.90 Å². The number of hydrogen-bond donors (Lipinski definition) is 0. The molecule has 2 saturated heterocycles. The van der Waals surface area contributed by atoms with Crippen molar-refractivity contribution in [2.45, 2.75) is 19.0 Å². The summed E-state index contributed by atoms with van der Waals surface area (Å²) >= 11 is 0. The van der Waals surface area contributed by atoms with Gasteiger partial charge in [0.25, 0.3) is 5.69 Å². The zero-order chi connectivity index (χ0) is 26.7. The van der Waals surface area contributed by atoms with Crippen LogP contribution in [0.4, 0.5) is 11.4 Å². The van der Waals surface area contributed by atoms with Crippen LogP contribution in [0, 0.1) is 28.9 Å². The smallest absolute Gasteiger partial charge is 0.269 e. The number of benzene rings is 3. The number of Topliss-reactive ketones (excluding diaryl/α,β-unsaturated/α-hetero) is 1. The number of hydrazone groups is 1. The third-order valence-electron chi connectivity index (χ3n) is 7.57. The van der Waals surface area contributed by atoms with Crippen molar-refractivity contribution in [2.75, 3.05) is 12.0 Å². The third-order valence-corrected chi connectivity index (χ3v) is 7.57. The van der Waals surface area contributed by atoms with Gasteiger partial charge in [-0.3, -0.25) is 29.5 Å². The number of anilines is 1. The molecular weight excluding hydrogens is 488 g/mol. The number of methoxy groups -OCH3 is 1. The van der Waals surface area contributed by atoms with E-state index in [1.807, 2.05) is 24.3 Å². The second kappa shape index (κ2) is 8.62. The predicted octanol–water partition coefficient (Wildman–Crippen LogP) is 3.67. The fourth-order valence-electron chi connectivity index (χ4n) is 5.84. The molecule has 38 heavy (non-hydrogen) atoms. The van der Waals surface area contributed by atoms with Gasteiger partial charge in [0.15, 0.2) is 5.78 Å². The number of imide groups is 1. The van der Waals surface area contributed by atoms with Gasteiger partial charge in [0.2, 0.25) is 11.8 Å². The average Bonchev–Trinajstić information content (AvgIpc) is 3.40. The molecule has 3 aromatic carbocycles. The van der Waals surface area contributed by atoms with Crippen molar-refractivity contribution in [3.05, 3.63) is 99.1 Å². The summed E-state index contributed by atoms with van der Waals surface area (Å²) in [5.41, 5.74) is 2.54. The van der Waals surface area contributed by atoms with Crippen LogP contribution in [0.3, 0.4) is 0 Å². The van der Waals surface area contributed by atoms with Crippen LogP contribution in [-0.2, 0) is 9.59 Å². The van der Waals surface area contributed by atoms with Gasteiger partial charge in [0.05, 0.1) is 41.8 Å². The maximum absolute atomic E-state index is 14.0. The lowest BCUT2D eigenvalue weighted by molar-refractivity contribution is -0.384. The van der Waals surface area contributed by atoms with E-state index >= 15 is 0 Å². The Kier molecular flexibility index (Phi) is 5.34. The van der Waals surface area contributed by atoms with Crippen molar-refractivity contribution in [2.24, 2.45) is 16.9 Å². The largest absolute Gasteiger partial charge is 0.497 e. The van der Waals surface area contributed by atoms with E-state index in [0.717, 1.165) is 16.0 Å². The van der Waals surface area contributed by atoms with Crippen LogP contribution in [0.25, 0.3) is 0 Å². The monoisotopic (exact) mass is 510 g/mol. The highest BCUT2D eigenvalue weighted by atomic mass is 16.6. The first-order chi connectivity index (χ1) is 18.3. The summed E-state index contributed by atoms with van der Waals surface area (Å²) < 4.78 is 5.20. The zero-order valence-corrected chi connectivity index (χ0v) is 20.5. The Morgan fingerprint density at radius 1 is 1.00 bits per heavy atom. The molecule has 2 amide bonds. The van der Waals surface area contributed by atoms with Gasteiger partial charge in [0.1, 0.15) is 11.8 Å². The number of ether oxygens (including phenoxy) is 1. The molecule has 0 bridgehead atoms. The Labute approximate surface area is 217 Å². The molecule has 0 saturated carbocycles. The van der Waals surface area contributed by atoms with Crippen LogP contribution >= 0.6 is 0 Å². The molecule has 10 heteroatoms. The molecule has 0 aliphatic carbocycles. The van der Waals surface area contributed by atoms with Gasteiger partial charge in [-0.05, 0) is 53.9 Å². The first-order valence-electron chi connectivity index (χ1n) is 12.0. The van der Waals surface area contributed by atoms with E-state index < -0.39 is 40.7 Å². The van der Waals surface area contributed by atoms with Gasteiger partial charge < -0.3 is 4.74 Å². The lowest BCUT2D eigenvalue weighted by Crippen LogP contribution is -2.44. The third kappa shape index (κ3) is 3.33. The second-order valence-corrected chi connectivity index (χ2v) is 9.53. The molecule has 0 unspecified atom stereocenters. The summed E-state index contributed by atoms with van der Waals surface area (Å²) in [6.45, 7) is 1.61. The van der Waals surface area contributed by atoms with E-state index in [9.17, 15) is 24.5 Å². The number of carbonyl (C=O) groups is 3. The molecule has 6 rings (SSSR count). The van der Waals surface area contributed by atoms with Gasteiger partial charge >= 0.3 is 0 Å². The lowest BCUT2D eigenvalue weighted by Gasteiger charge is -2.34. The summed E-state index contributed by atoms with van der Waals surface area (Å²) in [5.74, 6) is -2.57. The molecule has 190 valence electrons. The lowest BCUT2D eigenvalue weighted by atomic mass is 9.83. The highest BCUT2D eigenvalue weighted by Gasteiger charge is 2.65. The molecule has 0 spiro atoms. The fourth-order valence-corrected chi connectivity index (χ4v) is 5.84. The summed E-state index contributed by atoms with van der Waals surface area (Å²) in [4.78, 5) is 53.7.